The van der Waals surface area contributed by atoms with E-state index in [2.05, 4.69) is 26.2 Å². The smallest absolute Gasteiger partial charge is 0.148 e. The summed E-state index contributed by atoms with van der Waals surface area (Å²) in [5, 5.41) is 11.9. The highest BCUT2D eigenvalue weighted by atomic mass is 79.9. The number of nitrogens with zero attached hydrogens (tertiary/aromatic N) is 2. The molecule has 0 atom stereocenters. The fraction of sp³-hybridized carbons (Fsp3) is 0. The summed E-state index contributed by atoms with van der Waals surface area (Å²) in [7, 11) is 0. The highest BCUT2D eigenvalue weighted by Gasteiger charge is 2.06. The number of pyridine rings is 1. The van der Waals surface area contributed by atoms with Crippen LogP contribution in [0.1, 0.15) is 5.56 Å². The van der Waals surface area contributed by atoms with Crippen LogP contribution in [0.5, 0.6) is 0 Å². The van der Waals surface area contributed by atoms with E-state index in [0.717, 1.165) is 0 Å². The predicted octanol–water partition coefficient (Wildman–Crippen LogP) is 4.25. The second kappa shape index (κ2) is 5.34. The summed E-state index contributed by atoms with van der Waals surface area (Å²) in [6, 6.07) is 7.86. The number of hydrogen-bond acceptors (Lipinski definition) is 3. The van der Waals surface area contributed by atoms with Crippen LogP contribution in [0.25, 0.3) is 0 Å². The van der Waals surface area contributed by atoms with E-state index in [0.29, 0.717) is 21.5 Å². The lowest BCUT2D eigenvalue weighted by Gasteiger charge is -2.08. The van der Waals surface area contributed by atoms with Gasteiger partial charge < -0.3 is 5.32 Å². The van der Waals surface area contributed by atoms with Crippen molar-refractivity contribution >= 4 is 39.0 Å². The first-order chi connectivity index (χ1) is 8.60. The van der Waals surface area contributed by atoms with Crippen molar-refractivity contribution in [1.82, 2.24) is 4.98 Å². The second-order valence-electron chi connectivity index (χ2n) is 3.42. The Hall–Kier alpha value is -1.64. The van der Waals surface area contributed by atoms with Crippen LogP contribution in [-0.4, -0.2) is 4.98 Å². The lowest BCUT2D eigenvalue weighted by atomic mass is 10.2. The van der Waals surface area contributed by atoms with Gasteiger partial charge in [0.25, 0.3) is 0 Å². The minimum absolute atomic E-state index is 0.00983. The quantitative estimate of drug-likeness (QED) is 0.897. The monoisotopic (exact) mass is 325 g/mol. The molecule has 3 nitrogen and oxygen atoms in total. The predicted molar refractivity (Wildman–Crippen MR) is 71.3 cm³/mol. The molecular weight excluding hydrogens is 321 g/mol. The highest BCUT2D eigenvalue weighted by Crippen LogP contribution is 2.24. The van der Waals surface area contributed by atoms with Crippen molar-refractivity contribution in [3.63, 3.8) is 0 Å². The van der Waals surface area contributed by atoms with Gasteiger partial charge in [0.2, 0.25) is 0 Å². The lowest BCUT2D eigenvalue weighted by molar-refractivity contribution is 0.628. The third-order valence-corrected chi connectivity index (χ3v) is 2.88. The van der Waals surface area contributed by atoms with Gasteiger partial charge in [-0.2, -0.15) is 5.26 Å². The van der Waals surface area contributed by atoms with Gasteiger partial charge in [-0.1, -0.05) is 11.6 Å². The molecule has 0 aliphatic carbocycles. The minimum Gasteiger partial charge on any atom is -0.339 e. The number of nitriles is 1. The molecule has 1 aromatic carbocycles. The van der Waals surface area contributed by atoms with E-state index in [1.807, 2.05) is 6.07 Å². The number of rotatable bonds is 2. The number of hydrogen-bond donors (Lipinski definition) is 1. The van der Waals surface area contributed by atoms with Crippen molar-refractivity contribution < 1.29 is 4.39 Å². The van der Waals surface area contributed by atoms with E-state index in [1.54, 1.807) is 12.3 Å². The summed E-state index contributed by atoms with van der Waals surface area (Å²) in [4.78, 5) is 4.08. The van der Waals surface area contributed by atoms with Gasteiger partial charge in [-0.15, -0.1) is 0 Å². The van der Waals surface area contributed by atoms with Crippen LogP contribution in [0, 0.1) is 17.1 Å². The summed E-state index contributed by atoms with van der Waals surface area (Å²) in [6.07, 6.45) is 1.56. The SMILES string of the molecule is N#Cc1cc(Br)cnc1Nc1ccc(F)c(Cl)c1. The molecule has 0 amide bonds. The molecule has 90 valence electrons. The zero-order valence-corrected chi connectivity index (χ0v) is 11.3. The summed E-state index contributed by atoms with van der Waals surface area (Å²) in [5.74, 6) is -0.102. The Labute approximate surface area is 116 Å². The maximum absolute atomic E-state index is 13.0. The second-order valence-corrected chi connectivity index (χ2v) is 4.74. The van der Waals surface area contributed by atoms with Crippen molar-refractivity contribution in [1.29, 1.82) is 5.26 Å². The fourth-order valence-corrected chi connectivity index (χ4v) is 1.85. The first-order valence-electron chi connectivity index (χ1n) is 4.88. The lowest BCUT2D eigenvalue weighted by Crippen LogP contribution is -1.97. The van der Waals surface area contributed by atoms with Crippen LogP contribution >= 0.6 is 27.5 Å². The first kappa shape index (κ1) is 12.8. The number of halogens is 3. The van der Waals surface area contributed by atoms with E-state index in [-0.39, 0.29) is 5.02 Å². The van der Waals surface area contributed by atoms with Crippen molar-refractivity contribution in [3.8, 4) is 6.07 Å². The maximum atomic E-state index is 13.0. The minimum atomic E-state index is -0.494. The summed E-state index contributed by atoms with van der Waals surface area (Å²) < 4.78 is 13.7. The molecule has 1 aromatic heterocycles. The van der Waals surface area contributed by atoms with Gasteiger partial charge in [0.15, 0.2) is 0 Å². The fourth-order valence-electron chi connectivity index (χ4n) is 1.33. The zero-order chi connectivity index (χ0) is 13.1. The van der Waals surface area contributed by atoms with Gasteiger partial charge in [-0.3, -0.25) is 0 Å². The number of aromatic nitrogens is 1. The van der Waals surface area contributed by atoms with Gasteiger partial charge in [-0.05, 0) is 40.2 Å². The molecular formula is C12H6BrClFN3. The van der Waals surface area contributed by atoms with Gasteiger partial charge in [0.1, 0.15) is 17.7 Å². The average Bonchev–Trinajstić information content (AvgIpc) is 2.36. The van der Waals surface area contributed by atoms with Crippen molar-refractivity contribution in [2.75, 3.05) is 5.32 Å². The molecule has 18 heavy (non-hydrogen) atoms. The molecule has 0 spiro atoms. The summed E-state index contributed by atoms with van der Waals surface area (Å²) in [5.41, 5.74) is 0.942. The van der Waals surface area contributed by atoms with Crippen LogP contribution < -0.4 is 5.32 Å². The Morgan fingerprint density at radius 2 is 2.17 bits per heavy atom. The summed E-state index contributed by atoms with van der Waals surface area (Å²) >= 11 is 8.90. The Bertz CT molecular complexity index is 640. The van der Waals surface area contributed by atoms with Crippen molar-refractivity contribution in [2.24, 2.45) is 0 Å². The van der Waals surface area contributed by atoms with Crippen molar-refractivity contribution in [2.45, 2.75) is 0 Å². The number of benzene rings is 1. The molecule has 1 N–H and O–H groups in total. The standard InChI is InChI=1S/C12H6BrClFN3/c13-8-3-7(5-16)12(17-6-8)18-9-1-2-11(15)10(14)4-9/h1-4,6H,(H,17,18). The Balaban J connectivity index is 2.34. The summed E-state index contributed by atoms with van der Waals surface area (Å²) in [6.45, 7) is 0. The van der Waals surface area contributed by atoms with Gasteiger partial charge in [0.05, 0.1) is 10.6 Å². The largest absolute Gasteiger partial charge is 0.339 e. The Morgan fingerprint density at radius 1 is 1.39 bits per heavy atom. The van der Waals surface area contributed by atoms with Crippen LogP contribution in [-0.2, 0) is 0 Å². The van der Waals surface area contributed by atoms with Crippen molar-refractivity contribution in [3.05, 3.63) is 51.3 Å². The van der Waals surface area contributed by atoms with Gasteiger partial charge in [-0.25, -0.2) is 9.37 Å². The van der Waals surface area contributed by atoms with E-state index in [4.69, 9.17) is 16.9 Å². The van der Waals surface area contributed by atoms with Crippen LogP contribution in [0.2, 0.25) is 5.02 Å². The van der Waals surface area contributed by atoms with E-state index in [1.165, 1.54) is 18.2 Å². The molecule has 1 heterocycles. The normalized spacial score (nSPS) is 9.89. The Kier molecular flexibility index (Phi) is 3.80. The molecule has 0 unspecified atom stereocenters. The molecule has 0 aliphatic rings. The molecule has 2 aromatic rings. The molecule has 2 rings (SSSR count). The maximum Gasteiger partial charge on any atom is 0.148 e. The van der Waals surface area contributed by atoms with Gasteiger partial charge >= 0.3 is 0 Å². The third kappa shape index (κ3) is 2.78. The topological polar surface area (TPSA) is 48.7 Å². The number of nitrogens with one attached hydrogen (secondary N) is 1. The molecule has 0 saturated heterocycles. The molecule has 0 saturated carbocycles. The van der Waals surface area contributed by atoms with E-state index < -0.39 is 5.82 Å². The molecule has 0 fully saturated rings. The zero-order valence-electron chi connectivity index (χ0n) is 8.92. The molecule has 0 radical (unpaired) electrons. The van der Waals surface area contributed by atoms with E-state index in [9.17, 15) is 4.39 Å². The average molecular weight is 327 g/mol. The van der Waals surface area contributed by atoms with Crippen LogP contribution in [0.15, 0.2) is 34.9 Å². The molecule has 0 aliphatic heterocycles. The third-order valence-electron chi connectivity index (χ3n) is 2.16. The Morgan fingerprint density at radius 3 is 2.83 bits per heavy atom. The number of anilines is 2. The molecule has 6 heteroatoms. The van der Waals surface area contributed by atoms with Gasteiger partial charge in [0, 0.05) is 16.4 Å². The molecule has 0 bridgehead atoms. The highest BCUT2D eigenvalue weighted by molar-refractivity contribution is 9.10. The van der Waals surface area contributed by atoms with Crippen LogP contribution in [0.3, 0.4) is 0 Å². The van der Waals surface area contributed by atoms with Crippen LogP contribution in [0.4, 0.5) is 15.9 Å². The first-order valence-corrected chi connectivity index (χ1v) is 6.05. The van der Waals surface area contributed by atoms with E-state index >= 15 is 0 Å².